The summed E-state index contributed by atoms with van der Waals surface area (Å²) in [5.41, 5.74) is 1.71. The van der Waals surface area contributed by atoms with Crippen LogP contribution in [0.2, 0.25) is 0 Å². The van der Waals surface area contributed by atoms with Crippen LogP contribution in [0.25, 0.3) is 0 Å². The van der Waals surface area contributed by atoms with Gasteiger partial charge < -0.3 is 24.3 Å². The number of ether oxygens (including phenoxy) is 4. The number of hydrogen-bond donors (Lipinski definition) is 1. The van der Waals surface area contributed by atoms with E-state index in [1.807, 2.05) is 19.1 Å². The van der Waals surface area contributed by atoms with Gasteiger partial charge in [0.15, 0.2) is 11.5 Å². The van der Waals surface area contributed by atoms with E-state index >= 15 is 0 Å². The minimum Gasteiger partial charge on any atom is -0.496 e. The Balaban J connectivity index is 2.19. The fraction of sp³-hybridized carbons (Fsp3) is 0.368. The van der Waals surface area contributed by atoms with E-state index in [0.717, 1.165) is 11.1 Å². The van der Waals surface area contributed by atoms with Crippen molar-refractivity contribution in [3.8, 4) is 23.0 Å². The Hall–Kier alpha value is -2.47. The monoisotopic (exact) mass is 349 g/mol. The third kappa shape index (κ3) is 4.33. The first kappa shape index (κ1) is 18.9. The standard InChI is InChI=1S/C19H24FNO4/c1-12(15-10-14(20)6-7-16(15)22-2)21-11-13-8-17(23-3)19(25-5)18(9-13)24-4/h6-10,12,21H,11H2,1-5H3. The van der Waals surface area contributed by atoms with E-state index in [-0.39, 0.29) is 11.9 Å². The molecule has 2 aromatic carbocycles. The third-order valence-corrected chi connectivity index (χ3v) is 4.00. The fourth-order valence-corrected chi connectivity index (χ4v) is 2.66. The summed E-state index contributed by atoms with van der Waals surface area (Å²) in [6, 6.07) is 8.14. The molecule has 2 rings (SSSR count). The predicted molar refractivity (Wildman–Crippen MR) is 94.3 cm³/mol. The summed E-state index contributed by atoms with van der Waals surface area (Å²) in [5, 5.41) is 3.36. The van der Waals surface area contributed by atoms with Gasteiger partial charge in [0.2, 0.25) is 5.75 Å². The molecule has 1 atom stereocenters. The Morgan fingerprint density at radius 3 is 2.00 bits per heavy atom. The second-order valence-electron chi connectivity index (χ2n) is 5.52. The zero-order valence-electron chi connectivity index (χ0n) is 15.2. The lowest BCUT2D eigenvalue weighted by Gasteiger charge is -2.19. The molecule has 6 heteroatoms. The summed E-state index contributed by atoms with van der Waals surface area (Å²) in [6.07, 6.45) is 0. The second kappa shape index (κ2) is 8.58. The Bertz CT molecular complexity index is 696. The molecule has 1 N–H and O–H groups in total. The molecule has 0 radical (unpaired) electrons. The lowest BCUT2D eigenvalue weighted by atomic mass is 10.1. The molecule has 0 aliphatic rings. The van der Waals surface area contributed by atoms with Gasteiger partial charge in [0, 0.05) is 18.2 Å². The second-order valence-corrected chi connectivity index (χ2v) is 5.52. The van der Waals surface area contributed by atoms with Crippen molar-refractivity contribution in [2.24, 2.45) is 0 Å². The molecule has 1 unspecified atom stereocenters. The van der Waals surface area contributed by atoms with Crippen molar-refractivity contribution in [2.45, 2.75) is 19.5 Å². The lowest BCUT2D eigenvalue weighted by molar-refractivity contribution is 0.323. The average Bonchev–Trinajstić information content (AvgIpc) is 2.64. The van der Waals surface area contributed by atoms with Crippen LogP contribution in [0.1, 0.15) is 24.1 Å². The number of nitrogens with one attached hydrogen (secondary N) is 1. The Morgan fingerprint density at radius 1 is 0.880 bits per heavy atom. The van der Waals surface area contributed by atoms with Gasteiger partial charge in [0.1, 0.15) is 11.6 Å². The van der Waals surface area contributed by atoms with Gasteiger partial charge in [-0.25, -0.2) is 4.39 Å². The molecule has 0 spiro atoms. The highest BCUT2D eigenvalue weighted by Gasteiger charge is 2.15. The molecular weight excluding hydrogens is 325 g/mol. The summed E-state index contributed by atoms with van der Waals surface area (Å²) in [5.74, 6) is 2.08. The van der Waals surface area contributed by atoms with Crippen LogP contribution in [0.4, 0.5) is 4.39 Å². The molecule has 0 fully saturated rings. The van der Waals surface area contributed by atoms with Gasteiger partial charge in [0.25, 0.3) is 0 Å². The highest BCUT2D eigenvalue weighted by Crippen LogP contribution is 2.38. The van der Waals surface area contributed by atoms with Crippen molar-refractivity contribution in [3.63, 3.8) is 0 Å². The number of benzene rings is 2. The molecule has 0 aliphatic carbocycles. The van der Waals surface area contributed by atoms with Gasteiger partial charge in [-0.15, -0.1) is 0 Å². The highest BCUT2D eigenvalue weighted by atomic mass is 19.1. The topological polar surface area (TPSA) is 49.0 Å². The van der Waals surface area contributed by atoms with Gasteiger partial charge >= 0.3 is 0 Å². The molecule has 0 saturated heterocycles. The van der Waals surface area contributed by atoms with Crippen LogP contribution in [0.5, 0.6) is 23.0 Å². The highest BCUT2D eigenvalue weighted by molar-refractivity contribution is 5.53. The lowest BCUT2D eigenvalue weighted by Crippen LogP contribution is -2.19. The van der Waals surface area contributed by atoms with E-state index in [0.29, 0.717) is 29.5 Å². The summed E-state index contributed by atoms with van der Waals surface area (Å²) >= 11 is 0. The molecule has 2 aromatic rings. The molecule has 0 amide bonds. The minimum absolute atomic E-state index is 0.107. The van der Waals surface area contributed by atoms with Crippen molar-refractivity contribution in [2.75, 3.05) is 28.4 Å². The average molecular weight is 349 g/mol. The SMILES string of the molecule is COc1ccc(F)cc1C(C)NCc1cc(OC)c(OC)c(OC)c1. The maximum absolute atomic E-state index is 13.6. The normalized spacial score (nSPS) is 11.8. The first-order valence-corrected chi connectivity index (χ1v) is 7.89. The van der Waals surface area contributed by atoms with Crippen molar-refractivity contribution in [3.05, 3.63) is 47.3 Å². The first-order chi connectivity index (χ1) is 12.0. The third-order valence-electron chi connectivity index (χ3n) is 4.00. The minimum atomic E-state index is -0.294. The van der Waals surface area contributed by atoms with Crippen molar-refractivity contribution in [1.29, 1.82) is 0 Å². The maximum atomic E-state index is 13.6. The largest absolute Gasteiger partial charge is 0.496 e. The molecule has 0 aliphatic heterocycles. The number of hydrogen-bond acceptors (Lipinski definition) is 5. The Kier molecular flexibility index (Phi) is 6.47. The Morgan fingerprint density at radius 2 is 1.48 bits per heavy atom. The predicted octanol–water partition coefficient (Wildman–Crippen LogP) is 3.71. The zero-order chi connectivity index (χ0) is 18.4. The quantitative estimate of drug-likeness (QED) is 0.787. The molecule has 0 aromatic heterocycles. The van der Waals surface area contributed by atoms with E-state index in [2.05, 4.69) is 5.32 Å². The molecule has 0 bridgehead atoms. The van der Waals surface area contributed by atoms with Gasteiger partial charge in [-0.2, -0.15) is 0 Å². The van der Waals surface area contributed by atoms with E-state index in [1.165, 1.54) is 12.1 Å². The molecule has 0 saturated carbocycles. The molecular formula is C19H24FNO4. The van der Waals surface area contributed by atoms with Crippen molar-refractivity contribution >= 4 is 0 Å². The number of methoxy groups -OCH3 is 4. The van der Waals surface area contributed by atoms with Crippen LogP contribution in [-0.4, -0.2) is 28.4 Å². The van der Waals surface area contributed by atoms with Gasteiger partial charge in [-0.1, -0.05) is 0 Å². The smallest absolute Gasteiger partial charge is 0.203 e. The van der Waals surface area contributed by atoms with Gasteiger partial charge in [0.05, 0.1) is 28.4 Å². The number of rotatable bonds is 8. The van der Waals surface area contributed by atoms with Crippen LogP contribution >= 0.6 is 0 Å². The van der Waals surface area contributed by atoms with Gasteiger partial charge in [-0.05, 0) is 42.8 Å². The first-order valence-electron chi connectivity index (χ1n) is 7.89. The van der Waals surface area contributed by atoms with Crippen LogP contribution in [-0.2, 0) is 6.54 Å². The van der Waals surface area contributed by atoms with Crippen LogP contribution in [0.15, 0.2) is 30.3 Å². The van der Waals surface area contributed by atoms with E-state index in [4.69, 9.17) is 18.9 Å². The molecule has 136 valence electrons. The molecule has 0 heterocycles. The van der Waals surface area contributed by atoms with Crippen LogP contribution in [0.3, 0.4) is 0 Å². The molecule has 25 heavy (non-hydrogen) atoms. The fourth-order valence-electron chi connectivity index (χ4n) is 2.66. The maximum Gasteiger partial charge on any atom is 0.203 e. The summed E-state index contributed by atoms with van der Waals surface area (Å²) in [7, 11) is 6.29. The summed E-state index contributed by atoms with van der Waals surface area (Å²) in [4.78, 5) is 0. The Labute approximate surface area is 147 Å². The van der Waals surface area contributed by atoms with E-state index < -0.39 is 0 Å². The zero-order valence-corrected chi connectivity index (χ0v) is 15.2. The van der Waals surface area contributed by atoms with E-state index in [9.17, 15) is 4.39 Å². The van der Waals surface area contributed by atoms with Crippen molar-refractivity contribution in [1.82, 2.24) is 5.32 Å². The summed E-state index contributed by atoms with van der Waals surface area (Å²) < 4.78 is 34.9. The number of halogens is 1. The van der Waals surface area contributed by atoms with Gasteiger partial charge in [-0.3, -0.25) is 0 Å². The van der Waals surface area contributed by atoms with E-state index in [1.54, 1.807) is 34.5 Å². The van der Waals surface area contributed by atoms with Crippen LogP contribution < -0.4 is 24.3 Å². The molecule has 5 nitrogen and oxygen atoms in total. The van der Waals surface area contributed by atoms with Crippen LogP contribution in [0, 0.1) is 5.82 Å². The van der Waals surface area contributed by atoms with Crippen molar-refractivity contribution < 1.29 is 23.3 Å². The summed E-state index contributed by atoms with van der Waals surface area (Å²) in [6.45, 7) is 2.49.